The van der Waals surface area contributed by atoms with E-state index in [4.69, 9.17) is 16.9 Å². The van der Waals surface area contributed by atoms with Gasteiger partial charge in [-0.25, -0.2) is 4.39 Å². The van der Waals surface area contributed by atoms with E-state index in [1.165, 1.54) is 12.2 Å². The number of hydrogen-bond donors (Lipinski definition) is 0. The molecule has 4 heteroatoms. The quantitative estimate of drug-likeness (QED) is 0.669. The third-order valence-corrected chi connectivity index (χ3v) is 3.38. The van der Waals surface area contributed by atoms with E-state index in [0.29, 0.717) is 21.7 Å². The third kappa shape index (κ3) is 3.04. The summed E-state index contributed by atoms with van der Waals surface area (Å²) in [5.41, 5.74) is 1.35. The van der Waals surface area contributed by atoms with Crippen molar-refractivity contribution in [3.8, 4) is 17.2 Å². The van der Waals surface area contributed by atoms with Gasteiger partial charge in [-0.3, -0.25) is 0 Å². The second-order valence-corrected chi connectivity index (χ2v) is 5.12. The molecule has 0 aromatic heterocycles. The molecule has 2 aromatic rings. The number of allylic oxidation sites excluding steroid dienone is 1. The molecule has 0 atom stereocenters. The number of hydrogen-bond acceptors (Lipinski definition) is 1. The van der Waals surface area contributed by atoms with Crippen molar-refractivity contribution in [1.29, 1.82) is 5.26 Å². The van der Waals surface area contributed by atoms with Gasteiger partial charge in [-0.15, -0.1) is 0 Å². The molecule has 94 valence electrons. The van der Waals surface area contributed by atoms with Gasteiger partial charge in [-0.05, 0) is 29.8 Å². The Labute approximate surface area is 124 Å². The van der Waals surface area contributed by atoms with Crippen molar-refractivity contribution in [1.82, 2.24) is 0 Å². The predicted octanol–water partition coefficient (Wildman–Crippen LogP) is 5.45. The molecule has 0 unspecified atom stereocenters. The molecule has 2 aromatic carbocycles. The summed E-state index contributed by atoms with van der Waals surface area (Å²) >= 11 is 9.42. The lowest BCUT2D eigenvalue weighted by molar-refractivity contribution is 0.628. The van der Waals surface area contributed by atoms with E-state index < -0.39 is 5.82 Å². The summed E-state index contributed by atoms with van der Waals surface area (Å²) in [6.45, 7) is 0. The zero-order valence-electron chi connectivity index (χ0n) is 9.70. The molecule has 0 aliphatic rings. The smallest absolute Gasteiger partial charge is 0.139 e. The largest absolute Gasteiger partial charge is 0.206 e. The third-order valence-electron chi connectivity index (χ3n) is 2.57. The van der Waals surface area contributed by atoms with Crippen LogP contribution in [0.3, 0.4) is 0 Å². The fraction of sp³-hybridized carbons (Fsp3) is 0. The van der Waals surface area contributed by atoms with Crippen molar-refractivity contribution >= 4 is 33.6 Å². The maximum atomic E-state index is 14.4. The van der Waals surface area contributed by atoms with Gasteiger partial charge < -0.3 is 0 Å². The molecule has 0 radical (unpaired) electrons. The zero-order valence-corrected chi connectivity index (χ0v) is 12.0. The van der Waals surface area contributed by atoms with Crippen molar-refractivity contribution in [3.05, 3.63) is 63.4 Å². The first-order chi connectivity index (χ1) is 9.13. The van der Waals surface area contributed by atoms with Gasteiger partial charge in [0.05, 0.1) is 11.1 Å². The molecule has 0 aliphatic carbocycles. The molecule has 0 spiro atoms. The van der Waals surface area contributed by atoms with Gasteiger partial charge in [-0.1, -0.05) is 45.7 Å². The molecule has 0 N–H and O–H groups in total. The number of benzene rings is 2. The number of nitrogens with zero attached hydrogens (tertiary/aromatic N) is 1. The van der Waals surface area contributed by atoms with Crippen molar-refractivity contribution in [3.63, 3.8) is 0 Å². The maximum Gasteiger partial charge on any atom is 0.139 e. The molecule has 0 saturated heterocycles. The summed E-state index contributed by atoms with van der Waals surface area (Å²) in [5.74, 6) is -0.433. The van der Waals surface area contributed by atoms with Gasteiger partial charge in [0.2, 0.25) is 0 Å². The van der Waals surface area contributed by atoms with Crippen LogP contribution in [0.2, 0.25) is 5.02 Å². The molecule has 1 nitrogen and oxygen atoms in total. The second kappa shape index (κ2) is 6.01. The van der Waals surface area contributed by atoms with Gasteiger partial charge in [0.25, 0.3) is 0 Å². The Morgan fingerprint density at radius 3 is 2.74 bits per heavy atom. The summed E-state index contributed by atoms with van der Waals surface area (Å²) in [6.07, 6.45) is 2.66. The Kier molecular flexibility index (Phi) is 4.36. The molecule has 2 rings (SSSR count). The van der Waals surface area contributed by atoms with E-state index in [2.05, 4.69) is 15.9 Å². The summed E-state index contributed by atoms with van der Waals surface area (Å²) in [6, 6.07) is 12.3. The van der Waals surface area contributed by atoms with E-state index in [1.807, 2.05) is 18.2 Å². The molecule has 0 amide bonds. The standard InChI is InChI=1S/C15H8BrClFN/c16-12-5-1-3-11(9-12)14-13(17)7-6-10(15(14)18)4-2-8-19/h1-7,9H/b4-2-. The Balaban J connectivity index is 2.63. The first-order valence-electron chi connectivity index (χ1n) is 5.43. The topological polar surface area (TPSA) is 23.8 Å². The average Bonchev–Trinajstić information content (AvgIpc) is 2.38. The van der Waals surface area contributed by atoms with Crippen LogP contribution in [-0.2, 0) is 0 Å². The highest BCUT2D eigenvalue weighted by Crippen LogP contribution is 2.34. The van der Waals surface area contributed by atoms with Crippen LogP contribution in [0.25, 0.3) is 17.2 Å². The molecule has 0 saturated carbocycles. The van der Waals surface area contributed by atoms with Crippen LogP contribution in [-0.4, -0.2) is 0 Å². The van der Waals surface area contributed by atoms with Gasteiger partial charge in [0, 0.05) is 21.7 Å². The van der Waals surface area contributed by atoms with Gasteiger partial charge in [0.15, 0.2) is 0 Å². The minimum absolute atomic E-state index is 0.334. The lowest BCUT2D eigenvalue weighted by Gasteiger charge is -2.09. The van der Waals surface area contributed by atoms with Crippen LogP contribution in [0.5, 0.6) is 0 Å². The highest BCUT2D eigenvalue weighted by atomic mass is 79.9. The van der Waals surface area contributed by atoms with E-state index in [9.17, 15) is 4.39 Å². The van der Waals surface area contributed by atoms with Crippen molar-refractivity contribution in [2.45, 2.75) is 0 Å². The number of nitriles is 1. The normalized spacial score (nSPS) is 10.6. The lowest BCUT2D eigenvalue weighted by Crippen LogP contribution is -1.90. The van der Waals surface area contributed by atoms with Gasteiger partial charge in [0.1, 0.15) is 5.82 Å². The first kappa shape index (κ1) is 13.8. The van der Waals surface area contributed by atoms with Crippen LogP contribution in [0.4, 0.5) is 4.39 Å². The Morgan fingerprint density at radius 2 is 2.05 bits per heavy atom. The SMILES string of the molecule is N#C/C=C\c1ccc(Cl)c(-c2cccc(Br)c2)c1F. The first-order valence-corrected chi connectivity index (χ1v) is 6.60. The van der Waals surface area contributed by atoms with Crippen LogP contribution < -0.4 is 0 Å². The monoisotopic (exact) mass is 335 g/mol. The van der Waals surface area contributed by atoms with Crippen molar-refractivity contribution in [2.75, 3.05) is 0 Å². The molecule has 0 heterocycles. The van der Waals surface area contributed by atoms with Crippen LogP contribution >= 0.6 is 27.5 Å². The van der Waals surface area contributed by atoms with Crippen LogP contribution in [0, 0.1) is 17.1 Å². The average molecular weight is 337 g/mol. The van der Waals surface area contributed by atoms with Crippen molar-refractivity contribution < 1.29 is 4.39 Å². The van der Waals surface area contributed by atoms with E-state index >= 15 is 0 Å². The Morgan fingerprint density at radius 1 is 1.26 bits per heavy atom. The van der Waals surface area contributed by atoms with E-state index in [1.54, 1.807) is 24.3 Å². The summed E-state index contributed by atoms with van der Waals surface area (Å²) in [4.78, 5) is 0. The summed E-state index contributed by atoms with van der Waals surface area (Å²) in [7, 11) is 0. The van der Waals surface area contributed by atoms with Crippen molar-refractivity contribution in [2.24, 2.45) is 0 Å². The summed E-state index contributed by atoms with van der Waals surface area (Å²) in [5, 5.41) is 8.84. The number of rotatable bonds is 2. The molecule has 0 aliphatic heterocycles. The predicted molar refractivity (Wildman–Crippen MR) is 79.2 cm³/mol. The maximum absolute atomic E-state index is 14.4. The van der Waals surface area contributed by atoms with E-state index in [0.717, 1.165) is 4.47 Å². The van der Waals surface area contributed by atoms with E-state index in [-0.39, 0.29) is 0 Å². The Bertz CT molecular complexity index is 689. The fourth-order valence-electron chi connectivity index (χ4n) is 1.73. The van der Waals surface area contributed by atoms with Gasteiger partial charge in [-0.2, -0.15) is 5.26 Å². The second-order valence-electron chi connectivity index (χ2n) is 3.80. The molecular formula is C15H8BrClFN. The van der Waals surface area contributed by atoms with Crippen LogP contribution in [0.1, 0.15) is 5.56 Å². The van der Waals surface area contributed by atoms with Crippen LogP contribution in [0.15, 0.2) is 46.9 Å². The molecule has 0 fully saturated rings. The molecule has 0 bridgehead atoms. The lowest BCUT2D eigenvalue weighted by atomic mass is 10.0. The highest BCUT2D eigenvalue weighted by molar-refractivity contribution is 9.10. The number of halogens is 3. The molecule has 19 heavy (non-hydrogen) atoms. The van der Waals surface area contributed by atoms with Gasteiger partial charge >= 0.3 is 0 Å². The molecular weight excluding hydrogens is 329 g/mol. The fourth-order valence-corrected chi connectivity index (χ4v) is 2.39. The minimum Gasteiger partial charge on any atom is -0.206 e. The zero-order chi connectivity index (χ0) is 13.8. The Hall–Kier alpha value is -1.63. The summed E-state index contributed by atoms with van der Waals surface area (Å²) < 4.78 is 15.3. The highest BCUT2D eigenvalue weighted by Gasteiger charge is 2.13. The minimum atomic E-state index is -0.433.